The molecule has 0 aliphatic heterocycles. The lowest BCUT2D eigenvalue weighted by molar-refractivity contribution is -0.141. The number of anilines is 1. The van der Waals surface area contributed by atoms with Crippen LogP contribution >= 0.6 is 35.0 Å². The van der Waals surface area contributed by atoms with Crippen molar-refractivity contribution in [2.75, 3.05) is 16.8 Å². The van der Waals surface area contributed by atoms with Crippen LogP contribution in [0.1, 0.15) is 16.7 Å². The van der Waals surface area contributed by atoms with Crippen molar-refractivity contribution in [2.45, 2.75) is 20.5 Å². The highest BCUT2D eigenvalue weighted by Gasteiger charge is 2.09. The number of carbonyl (C=O) groups is 2. The summed E-state index contributed by atoms with van der Waals surface area (Å²) in [5, 5.41) is 3.71. The molecule has 0 fully saturated rings. The molecular formula is C19H19Cl2NO3S. The standard InChI is InChI=1S/C19H19Cl2NO3S/c1-12-3-6-17(13(2)7-12)22-18(23)10-26-11-19(24)25-9-14-4-5-15(20)16(21)8-14/h3-8H,9-11H2,1-2H3,(H,22,23). The first kappa shape index (κ1) is 20.6. The maximum Gasteiger partial charge on any atom is 0.316 e. The molecule has 4 nitrogen and oxygen atoms in total. The van der Waals surface area contributed by atoms with E-state index in [1.807, 2.05) is 32.0 Å². The Morgan fingerprint density at radius 3 is 2.50 bits per heavy atom. The molecule has 1 N–H and O–H groups in total. The molecule has 0 unspecified atom stereocenters. The van der Waals surface area contributed by atoms with Crippen LogP contribution in [0.4, 0.5) is 5.69 Å². The lowest BCUT2D eigenvalue weighted by atomic mass is 10.1. The Morgan fingerprint density at radius 1 is 1.04 bits per heavy atom. The Balaban J connectivity index is 1.70. The number of esters is 1. The van der Waals surface area contributed by atoms with Crippen molar-refractivity contribution in [1.82, 2.24) is 0 Å². The molecule has 2 aromatic carbocycles. The van der Waals surface area contributed by atoms with Crippen LogP contribution in [0, 0.1) is 13.8 Å². The van der Waals surface area contributed by atoms with Gasteiger partial charge in [-0.15, -0.1) is 11.8 Å². The number of nitrogens with one attached hydrogen (secondary N) is 1. The van der Waals surface area contributed by atoms with Crippen LogP contribution < -0.4 is 5.32 Å². The Morgan fingerprint density at radius 2 is 1.81 bits per heavy atom. The average Bonchev–Trinajstić information content (AvgIpc) is 2.58. The van der Waals surface area contributed by atoms with Crippen molar-refractivity contribution in [1.29, 1.82) is 0 Å². The zero-order valence-electron chi connectivity index (χ0n) is 14.5. The molecule has 0 bridgehead atoms. The highest BCUT2D eigenvalue weighted by Crippen LogP contribution is 2.23. The third-order valence-corrected chi connectivity index (χ3v) is 5.14. The topological polar surface area (TPSA) is 55.4 Å². The lowest BCUT2D eigenvalue weighted by Crippen LogP contribution is -2.16. The number of aryl methyl sites for hydroxylation is 2. The lowest BCUT2D eigenvalue weighted by Gasteiger charge is -2.09. The maximum atomic E-state index is 12.0. The van der Waals surface area contributed by atoms with Crippen LogP contribution in [0.2, 0.25) is 10.0 Å². The van der Waals surface area contributed by atoms with Crippen molar-refractivity contribution in [2.24, 2.45) is 0 Å². The van der Waals surface area contributed by atoms with Crippen LogP contribution in [-0.4, -0.2) is 23.4 Å². The average molecular weight is 412 g/mol. The number of benzene rings is 2. The molecule has 0 saturated carbocycles. The zero-order chi connectivity index (χ0) is 19.1. The van der Waals surface area contributed by atoms with Gasteiger partial charge in [-0.1, -0.05) is 47.0 Å². The van der Waals surface area contributed by atoms with E-state index < -0.39 is 0 Å². The number of halogens is 2. The number of rotatable bonds is 7. The van der Waals surface area contributed by atoms with Gasteiger partial charge >= 0.3 is 5.97 Å². The third-order valence-electron chi connectivity index (χ3n) is 3.49. The van der Waals surface area contributed by atoms with Gasteiger partial charge in [-0.3, -0.25) is 9.59 Å². The maximum absolute atomic E-state index is 12.0. The summed E-state index contributed by atoms with van der Waals surface area (Å²) in [5.74, 6) is -0.267. The SMILES string of the molecule is Cc1ccc(NC(=O)CSCC(=O)OCc2ccc(Cl)c(Cl)c2)c(C)c1. The summed E-state index contributed by atoms with van der Waals surface area (Å²) in [6.07, 6.45) is 0. The molecule has 0 heterocycles. The molecule has 0 spiro atoms. The monoisotopic (exact) mass is 411 g/mol. The van der Waals surface area contributed by atoms with Gasteiger partial charge in [-0.05, 0) is 43.2 Å². The van der Waals surface area contributed by atoms with E-state index in [1.165, 1.54) is 11.8 Å². The van der Waals surface area contributed by atoms with Gasteiger partial charge in [0.25, 0.3) is 0 Å². The predicted octanol–water partition coefficient (Wildman–Crippen LogP) is 5.03. The number of hydrogen-bond donors (Lipinski definition) is 1. The molecule has 0 atom stereocenters. The van der Waals surface area contributed by atoms with Gasteiger partial charge in [0.05, 0.1) is 21.6 Å². The van der Waals surface area contributed by atoms with Gasteiger partial charge in [-0.2, -0.15) is 0 Å². The summed E-state index contributed by atoms with van der Waals surface area (Å²) in [7, 11) is 0. The minimum Gasteiger partial charge on any atom is -0.460 e. The minimum atomic E-state index is -0.389. The van der Waals surface area contributed by atoms with E-state index >= 15 is 0 Å². The zero-order valence-corrected chi connectivity index (χ0v) is 16.8. The summed E-state index contributed by atoms with van der Waals surface area (Å²) in [6, 6.07) is 10.9. The number of ether oxygens (including phenoxy) is 1. The first-order valence-electron chi connectivity index (χ1n) is 7.89. The summed E-state index contributed by atoms with van der Waals surface area (Å²) in [5.41, 5.74) is 3.68. The van der Waals surface area contributed by atoms with Crippen LogP contribution in [0.15, 0.2) is 36.4 Å². The normalized spacial score (nSPS) is 10.5. The van der Waals surface area contributed by atoms with Crippen LogP contribution in [-0.2, 0) is 20.9 Å². The largest absolute Gasteiger partial charge is 0.460 e. The van der Waals surface area contributed by atoms with Crippen LogP contribution in [0.3, 0.4) is 0 Å². The van der Waals surface area contributed by atoms with E-state index in [4.69, 9.17) is 27.9 Å². The number of amides is 1. The highest BCUT2D eigenvalue weighted by molar-refractivity contribution is 8.00. The fourth-order valence-corrected chi connectivity index (χ4v) is 3.13. The summed E-state index contributed by atoms with van der Waals surface area (Å²) < 4.78 is 5.16. The second-order valence-corrected chi connectivity index (χ2v) is 7.57. The van der Waals surface area contributed by atoms with Crippen molar-refractivity contribution in [3.63, 3.8) is 0 Å². The summed E-state index contributed by atoms with van der Waals surface area (Å²) in [6.45, 7) is 4.05. The molecule has 0 aliphatic rings. The Kier molecular flexibility index (Phi) is 7.82. The predicted molar refractivity (Wildman–Crippen MR) is 108 cm³/mol. The second kappa shape index (κ2) is 9.86. The van der Waals surface area contributed by atoms with Crippen molar-refractivity contribution < 1.29 is 14.3 Å². The van der Waals surface area contributed by atoms with Gasteiger partial charge in [0.15, 0.2) is 0 Å². The fraction of sp³-hybridized carbons (Fsp3) is 0.263. The molecule has 0 aromatic heterocycles. The first-order valence-corrected chi connectivity index (χ1v) is 9.80. The van der Waals surface area contributed by atoms with Crippen molar-refractivity contribution in [3.05, 3.63) is 63.1 Å². The Hall–Kier alpha value is -1.69. The molecule has 0 aliphatic carbocycles. The molecular weight excluding hydrogens is 393 g/mol. The van der Waals surface area contributed by atoms with E-state index in [9.17, 15) is 9.59 Å². The molecule has 2 aromatic rings. The van der Waals surface area contributed by atoms with Gasteiger partial charge in [0, 0.05) is 5.69 Å². The van der Waals surface area contributed by atoms with E-state index in [2.05, 4.69) is 5.32 Å². The van der Waals surface area contributed by atoms with E-state index in [0.717, 1.165) is 22.4 Å². The minimum absolute atomic E-state index is 0.0988. The number of thioether (sulfide) groups is 1. The molecule has 138 valence electrons. The van der Waals surface area contributed by atoms with Crippen LogP contribution in [0.5, 0.6) is 0 Å². The molecule has 2 rings (SSSR count). The molecule has 7 heteroatoms. The van der Waals surface area contributed by atoms with Crippen molar-refractivity contribution >= 4 is 52.5 Å². The van der Waals surface area contributed by atoms with Crippen LogP contribution in [0.25, 0.3) is 0 Å². The Bertz CT molecular complexity index is 811. The molecule has 0 saturated heterocycles. The highest BCUT2D eigenvalue weighted by atomic mass is 35.5. The third kappa shape index (κ3) is 6.56. The first-order chi connectivity index (χ1) is 12.3. The van der Waals surface area contributed by atoms with Gasteiger partial charge in [0.2, 0.25) is 5.91 Å². The van der Waals surface area contributed by atoms with Gasteiger partial charge in [-0.25, -0.2) is 0 Å². The van der Waals surface area contributed by atoms with E-state index in [-0.39, 0.29) is 30.0 Å². The fourth-order valence-electron chi connectivity index (χ4n) is 2.20. The van der Waals surface area contributed by atoms with E-state index in [1.54, 1.807) is 18.2 Å². The number of hydrogen-bond acceptors (Lipinski definition) is 4. The quantitative estimate of drug-likeness (QED) is 0.649. The van der Waals surface area contributed by atoms with Crippen molar-refractivity contribution in [3.8, 4) is 0 Å². The molecule has 1 amide bonds. The Labute approximate surface area is 167 Å². The summed E-state index contributed by atoms with van der Waals surface area (Å²) >= 11 is 13.0. The summed E-state index contributed by atoms with van der Waals surface area (Å²) in [4.78, 5) is 23.7. The van der Waals surface area contributed by atoms with E-state index in [0.29, 0.717) is 10.0 Å². The van der Waals surface area contributed by atoms with Gasteiger partial charge in [0.1, 0.15) is 6.61 Å². The molecule has 0 radical (unpaired) electrons. The molecule has 26 heavy (non-hydrogen) atoms. The second-order valence-electron chi connectivity index (χ2n) is 5.77. The number of carbonyl (C=O) groups excluding carboxylic acids is 2. The van der Waals surface area contributed by atoms with Gasteiger partial charge < -0.3 is 10.1 Å². The smallest absolute Gasteiger partial charge is 0.316 e.